The van der Waals surface area contributed by atoms with Crippen molar-refractivity contribution in [2.75, 3.05) is 5.32 Å². The monoisotopic (exact) mass is 507 g/mol. The second kappa shape index (κ2) is 10.0. The zero-order chi connectivity index (χ0) is 26.1. The highest BCUT2D eigenvalue weighted by atomic mass is 16.2. The molecule has 7 heteroatoms. The smallest absolute Gasteiger partial charge is 0.251 e. The van der Waals surface area contributed by atoms with E-state index in [2.05, 4.69) is 26.7 Å². The Morgan fingerprint density at radius 2 is 1.84 bits per heavy atom. The van der Waals surface area contributed by atoms with Crippen molar-refractivity contribution in [1.29, 1.82) is 0 Å². The average molecular weight is 508 g/mol. The second-order valence-corrected chi connectivity index (χ2v) is 11.0. The number of carbonyl (C=O) groups is 2. The van der Waals surface area contributed by atoms with Crippen molar-refractivity contribution in [3.05, 3.63) is 83.3 Å². The maximum atomic E-state index is 13.0. The van der Waals surface area contributed by atoms with Crippen LogP contribution >= 0.6 is 0 Å². The van der Waals surface area contributed by atoms with Crippen LogP contribution in [0.3, 0.4) is 0 Å². The van der Waals surface area contributed by atoms with E-state index in [4.69, 9.17) is 4.98 Å². The van der Waals surface area contributed by atoms with Crippen molar-refractivity contribution in [1.82, 2.24) is 20.3 Å². The number of allylic oxidation sites excluding steroid dienone is 2. The number of H-pyrrole nitrogens is 1. The summed E-state index contributed by atoms with van der Waals surface area (Å²) < 4.78 is 0. The number of aromatic nitrogens is 3. The Morgan fingerprint density at radius 1 is 1.05 bits per heavy atom. The van der Waals surface area contributed by atoms with Crippen LogP contribution in [0.25, 0.3) is 17.5 Å². The highest BCUT2D eigenvalue weighted by molar-refractivity contribution is 5.97. The third-order valence-corrected chi connectivity index (χ3v) is 7.93. The normalized spacial score (nSPS) is 23.9. The largest absolute Gasteiger partial charge is 0.349 e. The van der Waals surface area contributed by atoms with E-state index in [1.54, 1.807) is 17.8 Å². The second-order valence-electron chi connectivity index (χ2n) is 11.0. The summed E-state index contributed by atoms with van der Waals surface area (Å²) in [4.78, 5) is 38.2. The first kappa shape index (κ1) is 24.3. The van der Waals surface area contributed by atoms with Gasteiger partial charge in [-0.05, 0) is 81.7 Å². The summed E-state index contributed by atoms with van der Waals surface area (Å²) in [6.07, 6.45) is 15.4. The fourth-order valence-corrected chi connectivity index (χ4v) is 5.42. The SMILES string of the molecule is CC1(C(=O)Nc2ccccn2)C=Cc2nc(-c3ccc(C(=O)NC4CCC(C=C5CC5)CC4)cc3)[nH]c2C1. The number of fused-ring (bicyclic) bond motifs is 1. The van der Waals surface area contributed by atoms with Crippen molar-refractivity contribution in [2.45, 2.75) is 57.9 Å². The minimum absolute atomic E-state index is 0.0168. The topological polar surface area (TPSA) is 99.8 Å². The molecule has 0 bridgehead atoms. The molecule has 7 nitrogen and oxygen atoms in total. The van der Waals surface area contributed by atoms with Crippen LogP contribution in [0.1, 0.15) is 67.2 Å². The van der Waals surface area contributed by atoms with Gasteiger partial charge in [0.1, 0.15) is 11.6 Å². The van der Waals surface area contributed by atoms with E-state index in [9.17, 15) is 9.59 Å². The molecule has 194 valence electrons. The first-order valence-corrected chi connectivity index (χ1v) is 13.6. The number of hydrogen-bond donors (Lipinski definition) is 3. The van der Waals surface area contributed by atoms with Crippen LogP contribution in [-0.4, -0.2) is 32.8 Å². The number of benzene rings is 1. The molecule has 2 saturated carbocycles. The van der Waals surface area contributed by atoms with Crippen LogP contribution < -0.4 is 10.6 Å². The van der Waals surface area contributed by atoms with Gasteiger partial charge in [-0.3, -0.25) is 9.59 Å². The summed E-state index contributed by atoms with van der Waals surface area (Å²) in [5.74, 6) is 1.83. The molecule has 1 aromatic carbocycles. The van der Waals surface area contributed by atoms with E-state index in [0.717, 1.165) is 48.5 Å². The number of rotatable bonds is 6. The number of anilines is 1. The molecular formula is C31H33N5O2. The summed E-state index contributed by atoms with van der Waals surface area (Å²) in [7, 11) is 0. The lowest BCUT2D eigenvalue weighted by Gasteiger charge is -2.27. The van der Waals surface area contributed by atoms with Gasteiger partial charge in [-0.2, -0.15) is 0 Å². The molecule has 1 atom stereocenters. The lowest BCUT2D eigenvalue weighted by Crippen LogP contribution is -2.37. The van der Waals surface area contributed by atoms with Crippen molar-refractivity contribution < 1.29 is 9.59 Å². The van der Waals surface area contributed by atoms with Gasteiger partial charge < -0.3 is 15.6 Å². The van der Waals surface area contributed by atoms with Crippen LogP contribution in [0.5, 0.6) is 0 Å². The zero-order valence-corrected chi connectivity index (χ0v) is 21.7. The predicted molar refractivity (Wildman–Crippen MR) is 148 cm³/mol. The molecular weight excluding hydrogens is 474 g/mol. The first-order valence-electron chi connectivity index (χ1n) is 13.6. The van der Waals surface area contributed by atoms with Gasteiger partial charge >= 0.3 is 0 Å². The molecule has 3 aliphatic carbocycles. The molecule has 3 N–H and O–H groups in total. The number of amides is 2. The molecule has 1 unspecified atom stereocenters. The van der Waals surface area contributed by atoms with E-state index < -0.39 is 5.41 Å². The van der Waals surface area contributed by atoms with Crippen LogP contribution in [0.2, 0.25) is 0 Å². The van der Waals surface area contributed by atoms with Crippen LogP contribution in [0.4, 0.5) is 5.82 Å². The van der Waals surface area contributed by atoms with Crippen LogP contribution in [0.15, 0.2) is 66.4 Å². The molecule has 0 spiro atoms. The van der Waals surface area contributed by atoms with E-state index in [0.29, 0.717) is 23.7 Å². The number of nitrogens with zero attached hydrogens (tertiary/aromatic N) is 2. The standard InChI is InChI=1S/C31H33N5O2/c1-31(30(38)36-27-4-2-3-17-32-27)16-15-25-26(19-31)35-28(34-25)22-9-11-23(12-10-22)29(37)33-24-13-7-21(8-14-24)18-20-5-6-20/h2-4,9-12,15-18,21,24H,5-8,13-14,19H2,1H3,(H,33,37)(H,34,35)(H,32,36,38). The molecule has 2 aromatic heterocycles. The molecule has 3 aromatic rings. The fourth-order valence-electron chi connectivity index (χ4n) is 5.42. The number of aromatic amines is 1. The summed E-state index contributed by atoms with van der Waals surface area (Å²) in [5, 5.41) is 6.13. The van der Waals surface area contributed by atoms with Gasteiger partial charge in [0.2, 0.25) is 5.91 Å². The van der Waals surface area contributed by atoms with Gasteiger partial charge in [0.15, 0.2) is 0 Å². The van der Waals surface area contributed by atoms with E-state index in [1.165, 1.54) is 12.8 Å². The van der Waals surface area contributed by atoms with Crippen molar-refractivity contribution in [3.63, 3.8) is 0 Å². The number of imidazole rings is 1. The van der Waals surface area contributed by atoms with Crippen molar-refractivity contribution >= 4 is 23.7 Å². The van der Waals surface area contributed by atoms with Crippen molar-refractivity contribution in [3.8, 4) is 11.4 Å². The number of pyridine rings is 1. The van der Waals surface area contributed by atoms with Gasteiger partial charge in [-0.1, -0.05) is 35.9 Å². The Balaban J connectivity index is 1.07. The lowest BCUT2D eigenvalue weighted by atomic mass is 9.80. The molecule has 2 amide bonds. The molecule has 6 rings (SSSR count). The van der Waals surface area contributed by atoms with Crippen LogP contribution in [-0.2, 0) is 11.2 Å². The Bertz CT molecular complexity index is 1390. The van der Waals surface area contributed by atoms with E-state index in [-0.39, 0.29) is 17.9 Å². The summed E-state index contributed by atoms with van der Waals surface area (Å²) in [6, 6.07) is 13.2. The molecule has 0 radical (unpaired) electrons. The minimum Gasteiger partial charge on any atom is -0.349 e. The number of hydrogen-bond acceptors (Lipinski definition) is 4. The molecule has 38 heavy (non-hydrogen) atoms. The highest BCUT2D eigenvalue weighted by Crippen LogP contribution is 2.35. The Morgan fingerprint density at radius 3 is 2.55 bits per heavy atom. The maximum absolute atomic E-state index is 13.0. The summed E-state index contributed by atoms with van der Waals surface area (Å²) >= 11 is 0. The molecule has 2 fully saturated rings. The van der Waals surface area contributed by atoms with Gasteiger partial charge in [-0.15, -0.1) is 0 Å². The minimum atomic E-state index is -0.718. The average Bonchev–Trinajstić information content (AvgIpc) is 3.66. The Hall–Kier alpha value is -4.00. The summed E-state index contributed by atoms with van der Waals surface area (Å²) in [6.45, 7) is 1.91. The highest BCUT2D eigenvalue weighted by Gasteiger charge is 2.35. The van der Waals surface area contributed by atoms with E-state index >= 15 is 0 Å². The number of nitrogens with one attached hydrogen (secondary N) is 3. The van der Waals surface area contributed by atoms with Gasteiger partial charge in [0.05, 0.1) is 11.1 Å². The quantitative estimate of drug-likeness (QED) is 0.373. The molecule has 0 saturated heterocycles. The molecule has 3 aliphatic rings. The predicted octanol–water partition coefficient (Wildman–Crippen LogP) is 5.69. The molecule has 2 heterocycles. The number of carbonyl (C=O) groups excluding carboxylic acids is 2. The summed E-state index contributed by atoms with van der Waals surface area (Å²) in [5.41, 5.74) is 4.20. The molecule has 0 aliphatic heterocycles. The zero-order valence-electron chi connectivity index (χ0n) is 21.7. The first-order chi connectivity index (χ1) is 18.4. The van der Waals surface area contributed by atoms with Crippen LogP contribution in [0, 0.1) is 11.3 Å². The van der Waals surface area contributed by atoms with Gasteiger partial charge in [0, 0.05) is 35.5 Å². The van der Waals surface area contributed by atoms with Gasteiger partial charge in [0.25, 0.3) is 5.91 Å². The van der Waals surface area contributed by atoms with Gasteiger partial charge in [-0.25, -0.2) is 9.97 Å². The van der Waals surface area contributed by atoms with E-state index in [1.807, 2.05) is 55.5 Å². The lowest BCUT2D eigenvalue weighted by molar-refractivity contribution is -0.122. The third-order valence-electron chi connectivity index (χ3n) is 7.93. The maximum Gasteiger partial charge on any atom is 0.251 e. The Kier molecular flexibility index (Phi) is 6.44. The third kappa shape index (κ3) is 5.32. The fraction of sp³-hybridized carbons (Fsp3) is 0.355. The Labute approximate surface area is 222 Å². The van der Waals surface area contributed by atoms with Crippen molar-refractivity contribution in [2.24, 2.45) is 11.3 Å².